The first-order valence-corrected chi connectivity index (χ1v) is 11.5. The lowest BCUT2D eigenvalue weighted by Crippen LogP contribution is -2.30. The summed E-state index contributed by atoms with van der Waals surface area (Å²) in [5, 5.41) is 2.60. The molecule has 1 N–H and O–H groups in total. The van der Waals surface area contributed by atoms with Crippen LogP contribution >= 0.6 is 0 Å². The number of rotatable bonds is 4. The molecule has 2 aromatic carbocycles. The van der Waals surface area contributed by atoms with E-state index in [1.165, 1.54) is 41.8 Å². The van der Waals surface area contributed by atoms with Gasteiger partial charge in [-0.1, -0.05) is 12.1 Å². The number of para-hydroxylation sites is 1. The number of alkyl halides is 6. The Kier molecular flexibility index (Phi) is 6.81. The summed E-state index contributed by atoms with van der Waals surface area (Å²) in [6.07, 6.45) is -6.42. The molecule has 0 radical (unpaired) electrons. The maximum absolute atomic E-state index is 13.6. The molecule has 1 aromatic heterocycles. The predicted octanol–water partition coefficient (Wildman–Crippen LogP) is 7.37. The van der Waals surface area contributed by atoms with E-state index in [1.54, 1.807) is 6.92 Å². The zero-order valence-electron chi connectivity index (χ0n) is 19.7. The average molecular weight is 509 g/mol. The molecule has 0 bridgehead atoms. The fourth-order valence-corrected chi connectivity index (χ4v) is 4.68. The van der Waals surface area contributed by atoms with Gasteiger partial charge in [0.1, 0.15) is 0 Å². The minimum Gasteiger partial charge on any atom is -0.370 e. The predicted molar refractivity (Wildman–Crippen MR) is 126 cm³/mol. The molecule has 0 spiro atoms. The van der Waals surface area contributed by atoms with Crippen LogP contribution in [0.5, 0.6) is 0 Å². The van der Waals surface area contributed by atoms with E-state index in [4.69, 9.17) is 0 Å². The second kappa shape index (κ2) is 9.55. The van der Waals surface area contributed by atoms with Crippen LogP contribution in [0.4, 0.5) is 37.7 Å². The number of aromatic nitrogens is 1. The van der Waals surface area contributed by atoms with E-state index in [0.717, 1.165) is 37.5 Å². The second-order valence-corrected chi connectivity index (χ2v) is 8.87. The third-order valence-electron chi connectivity index (χ3n) is 6.39. The molecule has 0 saturated carbocycles. The number of nitrogens with zero attached hydrogens (tertiary/aromatic N) is 2. The second-order valence-electron chi connectivity index (χ2n) is 8.87. The summed E-state index contributed by atoms with van der Waals surface area (Å²) in [7, 11) is 0. The van der Waals surface area contributed by atoms with E-state index >= 15 is 0 Å². The molecule has 1 saturated heterocycles. The van der Waals surface area contributed by atoms with E-state index in [0.29, 0.717) is 24.5 Å². The highest BCUT2D eigenvalue weighted by molar-refractivity contribution is 6.07. The van der Waals surface area contributed by atoms with Gasteiger partial charge in [-0.25, -0.2) is 0 Å². The number of nitrogens with one attached hydrogen (secondary N) is 1. The fraction of sp³-hybridized carbons (Fsp3) is 0.346. The van der Waals surface area contributed by atoms with Gasteiger partial charge in [-0.2, -0.15) is 26.3 Å². The maximum atomic E-state index is 13.6. The molecular weight excluding hydrogens is 484 g/mol. The SMILES string of the molecule is Cc1cc(C(=O)Nc2cc(C(F)(F)F)ccc2N2CCCCC2)c(C)n1-c1ccccc1C(F)(F)F. The maximum Gasteiger partial charge on any atom is 0.418 e. The highest BCUT2D eigenvalue weighted by Crippen LogP contribution is 2.38. The number of benzene rings is 2. The number of piperidine rings is 1. The fourth-order valence-electron chi connectivity index (χ4n) is 4.68. The standard InChI is InChI=1S/C26H25F6N3O/c1-16-14-19(17(2)35(16)22-9-5-4-8-20(22)26(30,31)32)24(36)33-21-15-18(25(27,28)29)10-11-23(21)34-12-6-3-7-13-34/h4-5,8-11,14-15H,3,6-7,12-13H2,1-2H3,(H,33,36). The number of hydrogen-bond donors (Lipinski definition) is 1. The molecule has 0 atom stereocenters. The average Bonchev–Trinajstić information content (AvgIpc) is 3.12. The van der Waals surface area contributed by atoms with E-state index in [9.17, 15) is 31.1 Å². The van der Waals surface area contributed by atoms with E-state index in [1.807, 2.05) is 4.90 Å². The molecule has 1 amide bonds. The molecule has 0 unspecified atom stereocenters. The van der Waals surface area contributed by atoms with Gasteiger partial charge in [0, 0.05) is 24.5 Å². The van der Waals surface area contributed by atoms with Crippen LogP contribution in [0.1, 0.15) is 52.1 Å². The molecule has 4 rings (SSSR count). The summed E-state index contributed by atoms with van der Waals surface area (Å²) in [5.74, 6) is -0.698. The summed E-state index contributed by atoms with van der Waals surface area (Å²) < 4.78 is 82.4. The molecule has 1 aliphatic rings. The van der Waals surface area contributed by atoms with E-state index in [-0.39, 0.29) is 22.6 Å². The minimum atomic E-state index is -4.61. The van der Waals surface area contributed by atoms with Crippen molar-refractivity contribution in [3.8, 4) is 5.69 Å². The van der Waals surface area contributed by atoms with Crippen LogP contribution in [0, 0.1) is 13.8 Å². The lowest BCUT2D eigenvalue weighted by molar-refractivity contribution is -0.138. The summed E-state index contributed by atoms with van der Waals surface area (Å²) in [6, 6.07) is 9.70. The number of halogens is 6. The van der Waals surface area contributed by atoms with Gasteiger partial charge in [0.2, 0.25) is 0 Å². The first-order valence-electron chi connectivity index (χ1n) is 11.5. The van der Waals surface area contributed by atoms with Gasteiger partial charge >= 0.3 is 12.4 Å². The Hall–Kier alpha value is -3.43. The van der Waals surface area contributed by atoms with Crippen molar-refractivity contribution in [1.82, 2.24) is 4.57 Å². The van der Waals surface area contributed by atoms with E-state index in [2.05, 4.69) is 5.32 Å². The number of anilines is 2. The van der Waals surface area contributed by atoms with Crippen LogP contribution < -0.4 is 10.2 Å². The first kappa shape index (κ1) is 25.7. The van der Waals surface area contributed by atoms with Crippen molar-refractivity contribution >= 4 is 17.3 Å². The lowest BCUT2D eigenvalue weighted by Gasteiger charge is -2.31. The van der Waals surface area contributed by atoms with Gasteiger partial charge in [-0.05, 0) is 69.5 Å². The Balaban J connectivity index is 1.73. The monoisotopic (exact) mass is 509 g/mol. The summed E-state index contributed by atoms with van der Waals surface area (Å²) >= 11 is 0. The lowest BCUT2D eigenvalue weighted by atomic mass is 10.1. The number of hydrogen-bond acceptors (Lipinski definition) is 2. The van der Waals surface area contributed by atoms with E-state index < -0.39 is 29.4 Å². The van der Waals surface area contributed by atoms with Crippen molar-refractivity contribution < 1.29 is 31.1 Å². The Morgan fingerprint density at radius 2 is 1.50 bits per heavy atom. The van der Waals surface area contributed by atoms with Crippen LogP contribution in [0.15, 0.2) is 48.5 Å². The van der Waals surface area contributed by atoms with Crippen LogP contribution in [-0.2, 0) is 12.4 Å². The van der Waals surface area contributed by atoms with Crippen molar-refractivity contribution in [1.29, 1.82) is 0 Å². The summed E-state index contributed by atoms with van der Waals surface area (Å²) in [6.45, 7) is 4.38. The zero-order valence-corrected chi connectivity index (χ0v) is 19.7. The molecule has 1 aliphatic heterocycles. The van der Waals surface area contributed by atoms with Crippen molar-refractivity contribution in [2.75, 3.05) is 23.3 Å². The van der Waals surface area contributed by atoms with Crippen molar-refractivity contribution in [3.63, 3.8) is 0 Å². The van der Waals surface area contributed by atoms with Crippen LogP contribution in [-0.4, -0.2) is 23.6 Å². The number of carbonyl (C=O) groups excluding carboxylic acids is 1. The molecule has 192 valence electrons. The van der Waals surface area contributed by atoms with Crippen LogP contribution in [0.3, 0.4) is 0 Å². The van der Waals surface area contributed by atoms with Gasteiger partial charge in [-0.3, -0.25) is 4.79 Å². The molecule has 0 aliphatic carbocycles. The third kappa shape index (κ3) is 5.08. The molecule has 10 heteroatoms. The normalized spacial score (nSPS) is 14.7. The molecule has 1 fully saturated rings. The highest BCUT2D eigenvalue weighted by Gasteiger charge is 2.35. The first-order chi connectivity index (χ1) is 16.9. The Morgan fingerprint density at radius 1 is 0.833 bits per heavy atom. The van der Waals surface area contributed by atoms with Crippen LogP contribution in [0.2, 0.25) is 0 Å². The van der Waals surface area contributed by atoms with Gasteiger partial charge in [-0.15, -0.1) is 0 Å². The smallest absolute Gasteiger partial charge is 0.370 e. The Labute approximate surface area is 204 Å². The Morgan fingerprint density at radius 3 is 2.14 bits per heavy atom. The van der Waals surface area contributed by atoms with Gasteiger partial charge in [0.15, 0.2) is 0 Å². The molecular formula is C26H25F6N3O. The summed E-state index contributed by atoms with van der Waals surface area (Å²) in [4.78, 5) is 15.2. The third-order valence-corrected chi connectivity index (χ3v) is 6.39. The van der Waals surface area contributed by atoms with Crippen molar-refractivity contribution in [2.45, 2.75) is 45.5 Å². The van der Waals surface area contributed by atoms with Gasteiger partial charge in [0.25, 0.3) is 5.91 Å². The molecule has 4 nitrogen and oxygen atoms in total. The van der Waals surface area contributed by atoms with Gasteiger partial charge in [0.05, 0.1) is 33.8 Å². The molecule has 2 heterocycles. The minimum absolute atomic E-state index is 0.0113. The molecule has 36 heavy (non-hydrogen) atoms. The topological polar surface area (TPSA) is 37.3 Å². The highest BCUT2D eigenvalue weighted by atomic mass is 19.4. The largest absolute Gasteiger partial charge is 0.418 e. The molecule has 3 aromatic rings. The Bertz CT molecular complexity index is 1270. The number of amides is 1. The van der Waals surface area contributed by atoms with Crippen molar-refractivity contribution in [2.24, 2.45) is 0 Å². The summed E-state index contributed by atoms with van der Waals surface area (Å²) in [5.41, 5.74) is -0.696. The number of carbonyl (C=O) groups is 1. The number of aryl methyl sites for hydroxylation is 1. The van der Waals surface area contributed by atoms with Gasteiger partial charge < -0.3 is 14.8 Å². The van der Waals surface area contributed by atoms with Crippen LogP contribution in [0.25, 0.3) is 5.69 Å². The zero-order chi connectivity index (χ0) is 26.3. The quantitative estimate of drug-likeness (QED) is 0.373. The van der Waals surface area contributed by atoms with Crippen molar-refractivity contribution in [3.05, 3.63) is 76.6 Å².